The van der Waals surface area contributed by atoms with Crippen LogP contribution in [0, 0.1) is 0 Å². The minimum absolute atomic E-state index is 0.0677. The van der Waals surface area contributed by atoms with Crippen molar-refractivity contribution in [3.63, 3.8) is 0 Å². The first-order valence-electron chi connectivity index (χ1n) is 6.69. The van der Waals surface area contributed by atoms with Crippen molar-refractivity contribution >= 4 is 39.0 Å². The van der Waals surface area contributed by atoms with Crippen molar-refractivity contribution < 1.29 is 17.9 Å². The van der Waals surface area contributed by atoms with E-state index in [4.69, 9.17) is 16.3 Å². The maximum absolute atomic E-state index is 12.5. The zero-order chi connectivity index (χ0) is 16.6. The number of ether oxygens (including phenoxy) is 1. The summed E-state index contributed by atoms with van der Waals surface area (Å²) in [6.07, 6.45) is 0. The summed E-state index contributed by atoms with van der Waals surface area (Å²) in [6.45, 7) is 0.0677. The van der Waals surface area contributed by atoms with Gasteiger partial charge in [-0.15, -0.1) is 0 Å². The normalized spacial score (nSPS) is 14.2. The third kappa shape index (κ3) is 3.25. The van der Waals surface area contributed by atoms with Crippen LogP contribution in [-0.2, 0) is 14.8 Å². The van der Waals surface area contributed by atoms with Crippen molar-refractivity contribution in [2.45, 2.75) is 4.90 Å². The first-order valence-corrected chi connectivity index (χ1v) is 8.55. The van der Waals surface area contributed by atoms with E-state index in [1.165, 1.54) is 24.3 Å². The van der Waals surface area contributed by atoms with Crippen LogP contribution in [0.1, 0.15) is 0 Å². The number of fused-ring (bicyclic) bond motifs is 1. The first kappa shape index (κ1) is 15.6. The molecule has 0 saturated carbocycles. The molecule has 1 heterocycles. The number of hydrogen-bond donors (Lipinski definition) is 1. The molecule has 23 heavy (non-hydrogen) atoms. The van der Waals surface area contributed by atoms with Crippen LogP contribution in [0.15, 0.2) is 47.4 Å². The van der Waals surface area contributed by atoms with Crippen molar-refractivity contribution in [1.29, 1.82) is 0 Å². The molecule has 0 radical (unpaired) electrons. The van der Waals surface area contributed by atoms with E-state index in [9.17, 15) is 13.2 Å². The Balaban J connectivity index is 1.95. The molecule has 3 rings (SSSR count). The molecule has 0 amide bonds. The molecule has 0 saturated heterocycles. The molecule has 1 aliphatic rings. The van der Waals surface area contributed by atoms with Crippen LogP contribution in [0.4, 0.5) is 11.4 Å². The average molecular weight is 353 g/mol. The summed E-state index contributed by atoms with van der Waals surface area (Å²) in [4.78, 5) is 13.1. The molecule has 1 N–H and O–H groups in total. The Labute approximate surface area is 138 Å². The van der Waals surface area contributed by atoms with E-state index in [-0.39, 0.29) is 17.4 Å². The molecule has 0 atom stereocenters. The number of rotatable bonds is 3. The molecule has 120 valence electrons. The minimum Gasteiger partial charge on any atom is -0.423 e. The van der Waals surface area contributed by atoms with E-state index in [1.54, 1.807) is 30.1 Å². The van der Waals surface area contributed by atoms with E-state index in [2.05, 4.69) is 4.72 Å². The summed E-state index contributed by atoms with van der Waals surface area (Å²) >= 11 is 5.86. The van der Waals surface area contributed by atoms with Crippen LogP contribution >= 0.6 is 11.6 Å². The van der Waals surface area contributed by atoms with Gasteiger partial charge in [0.25, 0.3) is 10.0 Å². The lowest BCUT2D eigenvalue weighted by Gasteiger charge is -2.26. The lowest BCUT2D eigenvalue weighted by Crippen LogP contribution is -2.33. The fourth-order valence-electron chi connectivity index (χ4n) is 2.25. The molecule has 0 aliphatic carbocycles. The lowest BCUT2D eigenvalue weighted by atomic mass is 10.2. The van der Waals surface area contributed by atoms with Gasteiger partial charge in [-0.3, -0.25) is 4.72 Å². The third-order valence-corrected chi connectivity index (χ3v) is 4.93. The second-order valence-electron chi connectivity index (χ2n) is 5.08. The van der Waals surface area contributed by atoms with Gasteiger partial charge in [0.1, 0.15) is 6.54 Å². The predicted octanol–water partition coefficient (Wildman–Crippen LogP) is 2.50. The van der Waals surface area contributed by atoms with Crippen molar-refractivity contribution in [1.82, 2.24) is 0 Å². The topological polar surface area (TPSA) is 75.7 Å². The van der Waals surface area contributed by atoms with E-state index in [0.29, 0.717) is 22.1 Å². The maximum atomic E-state index is 12.5. The highest BCUT2D eigenvalue weighted by atomic mass is 35.5. The Bertz CT molecular complexity index is 883. The summed E-state index contributed by atoms with van der Waals surface area (Å²) in [6, 6.07) is 10.8. The molecule has 0 bridgehead atoms. The zero-order valence-electron chi connectivity index (χ0n) is 12.1. The Hall–Kier alpha value is -2.25. The Morgan fingerprint density at radius 1 is 1.22 bits per heavy atom. The van der Waals surface area contributed by atoms with E-state index >= 15 is 0 Å². The highest BCUT2D eigenvalue weighted by Gasteiger charge is 2.24. The monoisotopic (exact) mass is 352 g/mol. The highest BCUT2D eigenvalue weighted by Crippen LogP contribution is 2.33. The van der Waals surface area contributed by atoms with Gasteiger partial charge < -0.3 is 9.64 Å². The van der Waals surface area contributed by atoms with E-state index in [1.807, 2.05) is 0 Å². The SMILES string of the molecule is CN1CC(=O)Oc2ccc(S(=O)(=O)Nc3cccc(Cl)c3)cc21. The van der Waals surface area contributed by atoms with Gasteiger partial charge >= 0.3 is 5.97 Å². The van der Waals surface area contributed by atoms with Crippen LogP contribution in [-0.4, -0.2) is 28.0 Å². The molecule has 0 spiro atoms. The number of esters is 1. The van der Waals surface area contributed by atoms with Crippen LogP contribution in [0.5, 0.6) is 5.75 Å². The third-order valence-electron chi connectivity index (χ3n) is 3.32. The molecular formula is C15H13ClN2O4S. The fraction of sp³-hybridized carbons (Fsp3) is 0.133. The standard InChI is InChI=1S/C15H13ClN2O4S/c1-18-9-15(19)22-14-6-5-12(8-13(14)18)23(20,21)17-11-4-2-3-10(16)7-11/h2-8,17H,9H2,1H3. The van der Waals surface area contributed by atoms with Crippen LogP contribution in [0.3, 0.4) is 0 Å². The summed E-state index contributed by atoms with van der Waals surface area (Å²) < 4.78 is 32.5. The number of carbonyl (C=O) groups is 1. The molecule has 6 nitrogen and oxygen atoms in total. The van der Waals surface area contributed by atoms with E-state index in [0.717, 1.165) is 0 Å². The molecular weight excluding hydrogens is 340 g/mol. The number of nitrogens with zero attached hydrogens (tertiary/aromatic N) is 1. The maximum Gasteiger partial charge on any atom is 0.330 e. The molecule has 2 aromatic rings. The van der Waals surface area contributed by atoms with Crippen LogP contribution in [0.2, 0.25) is 5.02 Å². The van der Waals surface area contributed by atoms with Gasteiger partial charge in [0, 0.05) is 12.1 Å². The van der Waals surface area contributed by atoms with Crippen molar-refractivity contribution in [2.75, 3.05) is 23.2 Å². The predicted molar refractivity (Wildman–Crippen MR) is 87.6 cm³/mol. The highest BCUT2D eigenvalue weighted by molar-refractivity contribution is 7.92. The largest absolute Gasteiger partial charge is 0.423 e. The van der Waals surface area contributed by atoms with Gasteiger partial charge in [-0.2, -0.15) is 0 Å². The van der Waals surface area contributed by atoms with Crippen LogP contribution < -0.4 is 14.4 Å². The fourth-order valence-corrected chi connectivity index (χ4v) is 3.51. The Morgan fingerprint density at radius 2 is 2.00 bits per heavy atom. The van der Waals surface area contributed by atoms with Gasteiger partial charge in [0.15, 0.2) is 5.75 Å². The number of carbonyl (C=O) groups excluding carboxylic acids is 1. The summed E-state index contributed by atoms with van der Waals surface area (Å²) in [5.41, 5.74) is 0.911. The zero-order valence-corrected chi connectivity index (χ0v) is 13.7. The summed E-state index contributed by atoms with van der Waals surface area (Å²) in [7, 11) is -2.08. The number of anilines is 2. The number of benzene rings is 2. The average Bonchev–Trinajstić information content (AvgIpc) is 2.46. The number of likely N-dealkylation sites (N-methyl/N-ethyl adjacent to an activating group) is 1. The summed E-state index contributed by atoms with van der Waals surface area (Å²) in [5.74, 6) is -0.0434. The van der Waals surface area contributed by atoms with Crippen molar-refractivity contribution in [2.24, 2.45) is 0 Å². The Kier molecular flexibility index (Phi) is 3.91. The van der Waals surface area contributed by atoms with Gasteiger partial charge in [0.2, 0.25) is 0 Å². The molecule has 2 aromatic carbocycles. The minimum atomic E-state index is -3.78. The van der Waals surface area contributed by atoms with Gasteiger partial charge in [-0.05, 0) is 36.4 Å². The smallest absolute Gasteiger partial charge is 0.330 e. The molecule has 0 aromatic heterocycles. The second-order valence-corrected chi connectivity index (χ2v) is 7.19. The first-order chi connectivity index (χ1) is 10.8. The number of nitrogens with one attached hydrogen (secondary N) is 1. The van der Waals surface area contributed by atoms with Crippen LogP contribution in [0.25, 0.3) is 0 Å². The number of hydrogen-bond acceptors (Lipinski definition) is 5. The van der Waals surface area contributed by atoms with Crippen molar-refractivity contribution in [3.8, 4) is 5.75 Å². The number of sulfonamides is 1. The molecule has 8 heteroatoms. The van der Waals surface area contributed by atoms with E-state index < -0.39 is 10.0 Å². The van der Waals surface area contributed by atoms with Gasteiger partial charge in [-0.1, -0.05) is 17.7 Å². The van der Waals surface area contributed by atoms with Gasteiger partial charge in [0.05, 0.1) is 16.3 Å². The quantitative estimate of drug-likeness (QED) is 0.678. The second kappa shape index (κ2) is 5.75. The lowest BCUT2D eigenvalue weighted by molar-refractivity contribution is -0.133. The van der Waals surface area contributed by atoms with Gasteiger partial charge in [-0.25, -0.2) is 13.2 Å². The Morgan fingerprint density at radius 3 is 2.74 bits per heavy atom. The molecule has 0 unspecified atom stereocenters. The number of halogens is 1. The molecule has 0 fully saturated rings. The molecule has 1 aliphatic heterocycles. The summed E-state index contributed by atoms with van der Waals surface area (Å²) in [5, 5.41) is 0.433. The van der Waals surface area contributed by atoms with Crippen molar-refractivity contribution in [3.05, 3.63) is 47.5 Å².